The first kappa shape index (κ1) is 37.3. The molecular weight excluding hydrogens is 657 g/mol. The molecule has 10 nitrogen and oxygen atoms in total. The van der Waals surface area contributed by atoms with E-state index in [1.54, 1.807) is 30.1 Å². The minimum Gasteiger partial charge on any atom is -0.444 e. The first-order valence-electron chi connectivity index (χ1n) is 16.4. The highest BCUT2D eigenvalue weighted by Crippen LogP contribution is 2.20. The molecule has 0 spiro atoms. The number of thiazole rings is 2. The van der Waals surface area contributed by atoms with Gasteiger partial charge in [0, 0.05) is 24.5 Å². The van der Waals surface area contributed by atoms with Crippen LogP contribution in [0, 0.1) is 5.92 Å². The molecular formula is C37H46N6O4S2. The topological polar surface area (TPSA) is 126 Å². The molecule has 4 aromatic rings. The molecule has 0 aliphatic heterocycles. The van der Waals surface area contributed by atoms with Gasteiger partial charge in [0.05, 0.1) is 39.7 Å². The van der Waals surface area contributed by atoms with Crippen molar-refractivity contribution in [3.8, 4) is 0 Å². The average Bonchev–Trinajstić information content (AvgIpc) is 3.78. The minimum absolute atomic E-state index is 0.130. The van der Waals surface area contributed by atoms with Crippen molar-refractivity contribution in [1.82, 2.24) is 30.8 Å². The third kappa shape index (κ3) is 12.4. The van der Waals surface area contributed by atoms with Crippen molar-refractivity contribution in [1.29, 1.82) is 0 Å². The van der Waals surface area contributed by atoms with Crippen LogP contribution in [-0.2, 0) is 35.5 Å². The zero-order chi connectivity index (χ0) is 35.2. The molecule has 3 atom stereocenters. The van der Waals surface area contributed by atoms with E-state index in [9.17, 15) is 14.4 Å². The predicted octanol–water partition coefficient (Wildman–Crippen LogP) is 6.71. The van der Waals surface area contributed by atoms with Gasteiger partial charge in [0.1, 0.15) is 12.6 Å². The molecule has 0 aliphatic rings. The Kier molecular flexibility index (Phi) is 14.3. The number of aromatic nitrogens is 2. The summed E-state index contributed by atoms with van der Waals surface area (Å²) in [5, 5.41) is 12.0. The van der Waals surface area contributed by atoms with Crippen LogP contribution < -0.4 is 16.0 Å². The molecule has 0 unspecified atom stereocenters. The fourth-order valence-electron chi connectivity index (χ4n) is 5.01. The molecule has 4 rings (SSSR count). The monoisotopic (exact) mass is 702 g/mol. The Morgan fingerprint density at radius 1 is 0.857 bits per heavy atom. The third-order valence-electron chi connectivity index (χ3n) is 7.67. The quantitative estimate of drug-likeness (QED) is 0.112. The van der Waals surface area contributed by atoms with Crippen molar-refractivity contribution in [2.75, 3.05) is 7.05 Å². The summed E-state index contributed by atoms with van der Waals surface area (Å²) < 4.78 is 5.45. The Morgan fingerprint density at radius 2 is 1.47 bits per heavy atom. The number of rotatable bonds is 16. The molecule has 0 aliphatic carbocycles. The summed E-state index contributed by atoms with van der Waals surface area (Å²) in [5.41, 5.74) is 4.57. The molecule has 2 heterocycles. The number of urea groups is 1. The Bertz CT molecular complexity index is 1630. The summed E-state index contributed by atoms with van der Waals surface area (Å²) >= 11 is 3.00. The highest BCUT2D eigenvalue weighted by molar-refractivity contribution is 7.09. The molecule has 0 radical (unpaired) electrons. The fraction of sp³-hybridized carbons (Fsp3) is 0.378. The van der Waals surface area contributed by atoms with Gasteiger partial charge < -0.3 is 25.6 Å². The number of hydrogen-bond acceptors (Lipinski definition) is 8. The smallest absolute Gasteiger partial charge is 0.407 e. The van der Waals surface area contributed by atoms with Gasteiger partial charge in [-0.1, -0.05) is 101 Å². The first-order chi connectivity index (χ1) is 23.6. The second kappa shape index (κ2) is 18.8. The van der Waals surface area contributed by atoms with Crippen LogP contribution in [0.15, 0.2) is 89.9 Å². The number of alkyl carbamates (subject to hydrolysis) is 1. The Hall–Kier alpha value is -4.55. The highest BCUT2D eigenvalue weighted by atomic mass is 32.1. The predicted molar refractivity (Wildman–Crippen MR) is 195 cm³/mol. The van der Waals surface area contributed by atoms with Gasteiger partial charge in [-0.2, -0.15) is 0 Å². The second-order valence-corrected chi connectivity index (χ2v) is 14.4. The number of carbonyl (C=O) groups is 3. The van der Waals surface area contributed by atoms with E-state index in [-0.39, 0.29) is 24.5 Å². The van der Waals surface area contributed by atoms with Gasteiger partial charge in [0.25, 0.3) is 0 Å². The fourth-order valence-corrected chi connectivity index (χ4v) is 6.34. The largest absolute Gasteiger partial charge is 0.444 e. The van der Waals surface area contributed by atoms with Crippen LogP contribution in [0.2, 0.25) is 0 Å². The Morgan fingerprint density at radius 3 is 2.00 bits per heavy atom. The molecule has 12 heteroatoms. The van der Waals surface area contributed by atoms with E-state index in [1.807, 2.05) is 92.0 Å². The normalized spacial score (nSPS) is 13.2. The number of hydrogen-bond donors (Lipinski definition) is 3. The van der Waals surface area contributed by atoms with E-state index in [2.05, 4.69) is 39.8 Å². The van der Waals surface area contributed by atoms with Gasteiger partial charge in [-0.05, 0) is 29.9 Å². The maximum atomic E-state index is 13.8. The minimum atomic E-state index is -0.775. The molecule has 4 amide bonds. The Balaban J connectivity index is 1.47. The molecule has 49 heavy (non-hydrogen) atoms. The van der Waals surface area contributed by atoms with E-state index >= 15 is 0 Å². The number of benzene rings is 2. The van der Waals surface area contributed by atoms with Crippen molar-refractivity contribution >= 4 is 40.7 Å². The molecule has 0 fully saturated rings. The van der Waals surface area contributed by atoms with E-state index in [4.69, 9.17) is 4.74 Å². The van der Waals surface area contributed by atoms with Gasteiger partial charge in [0.15, 0.2) is 0 Å². The summed E-state index contributed by atoms with van der Waals surface area (Å²) in [6.07, 6.45) is 5.95. The van der Waals surface area contributed by atoms with Crippen molar-refractivity contribution in [2.45, 2.75) is 77.7 Å². The van der Waals surface area contributed by atoms with E-state index in [0.717, 1.165) is 26.7 Å². The zero-order valence-electron chi connectivity index (χ0n) is 28.7. The van der Waals surface area contributed by atoms with Gasteiger partial charge in [0.2, 0.25) is 5.91 Å². The van der Waals surface area contributed by atoms with Crippen LogP contribution in [0.4, 0.5) is 9.59 Å². The molecule has 3 N–H and O–H groups in total. The van der Waals surface area contributed by atoms with Crippen LogP contribution in [0.5, 0.6) is 0 Å². The Labute approximate surface area is 297 Å². The summed E-state index contributed by atoms with van der Waals surface area (Å²) in [7, 11) is 1.70. The summed E-state index contributed by atoms with van der Waals surface area (Å²) in [4.78, 5) is 50.9. The molecule has 0 bridgehead atoms. The van der Waals surface area contributed by atoms with Gasteiger partial charge >= 0.3 is 12.1 Å². The lowest BCUT2D eigenvalue weighted by atomic mass is 10.00. The van der Waals surface area contributed by atoms with Gasteiger partial charge in [-0.25, -0.2) is 14.6 Å². The lowest BCUT2D eigenvalue weighted by Gasteiger charge is -2.27. The van der Waals surface area contributed by atoms with Crippen LogP contribution in [0.25, 0.3) is 0 Å². The lowest BCUT2D eigenvalue weighted by molar-refractivity contribution is -0.124. The first-order valence-corrected chi connectivity index (χ1v) is 18.2. The highest BCUT2D eigenvalue weighted by Gasteiger charge is 2.27. The zero-order valence-corrected chi connectivity index (χ0v) is 30.3. The third-order valence-corrected chi connectivity index (χ3v) is 9.62. The second-order valence-electron chi connectivity index (χ2n) is 12.5. The van der Waals surface area contributed by atoms with Crippen molar-refractivity contribution < 1.29 is 19.1 Å². The van der Waals surface area contributed by atoms with Crippen molar-refractivity contribution in [3.05, 3.63) is 117 Å². The van der Waals surface area contributed by atoms with Crippen molar-refractivity contribution in [2.24, 2.45) is 5.92 Å². The number of nitrogens with one attached hydrogen (secondary N) is 3. The summed E-state index contributed by atoms with van der Waals surface area (Å²) in [6, 6.07) is 17.7. The maximum absolute atomic E-state index is 13.8. The van der Waals surface area contributed by atoms with Crippen LogP contribution in [0.1, 0.15) is 60.3 Å². The van der Waals surface area contributed by atoms with Crippen LogP contribution in [-0.4, -0.2) is 58.1 Å². The molecule has 0 saturated heterocycles. The van der Waals surface area contributed by atoms with Gasteiger partial charge in [-0.15, -0.1) is 22.7 Å². The van der Waals surface area contributed by atoms with Crippen LogP contribution >= 0.6 is 22.7 Å². The molecule has 0 saturated carbocycles. The SMILES string of the molecule is CC(C)c1nc(CN(C)C(=O)N[C@H](C(=O)N[C@H](C=C[C@H](Cc2ccccc2)NC(=O)OCc2cncs2)Cc2ccccc2)C(C)C)cs1. The average molecular weight is 703 g/mol. The number of ether oxygens (including phenoxy) is 1. The maximum Gasteiger partial charge on any atom is 0.407 e. The molecule has 2 aromatic heterocycles. The molecule has 2 aromatic carbocycles. The van der Waals surface area contributed by atoms with E-state index in [1.165, 1.54) is 16.2 Å². The number of carbonyl (C=O) groups excluding carboxylic acids is 3. The van der Waals surface area contributed by atoms with E-state index in [0.29, 0.717) is 25.3 Å². The van der Waals surface area contributed by atoms with Gasteiger partial charge in [-0.3, -0.25) is 9.78 Å². The number of nitrogens with zero attached hydrogens (tertiary/aromatic N) is 3. The number of amides is 4. The van der Waals surface area contributed by atoms with Crippen molar-refractivity contribution in [3.63, 3.8) is 0 Å². The standard InChI is InChI=1S/C37H46N6O4S2/c1-25(2)33(42-36(45)43(5)21-31-23-48-35(40-31)26(3)4)34(44)39-29(18-27-12-8-6-9-13-27)16-17-30(19-28-14-10-7-11-15-28)41-37(46)47-22-32-20-38-24-49-32/h6-17,20,23-26,29-30,33H,18-19,21-22H2,1-5H3,(H,39,44)(H,41,46)(H,42,45)/t29-,30-,33+/m1/s1. The van der Waals surface area contributed by atoms with Crippen LogP contribution in [0.3, 0.4) is 0 Å². The summed E-state index contributed by atoms with van der Waals surface area (Å²) in [5.74, 6) is -0.155. The van der Waals surface area contributed by atoms with E-state index < -0.39 is 24.2 Å². The lowest BCUT2D eigenvalue weighted by Crippen LogP contribution is -2.54. The molecule has 260 valence electrons. The summed E-state index contributed by atoms with van der Waals surface area (Å²) in [6.45, 7) is 8.45.